The quantitative estimate of drug-likeness (QED) is 0.0617. The van der Waals surface area contributed by atoms with E-state index in [1.807, 2.05) is 55.0 Å². The van der Waals surface area contributed by atoms with Crippen LogP contribution in [0.2, 0.25) is 25.1 Å². The second-order valence-electron chi connectivity index (χ2n) is 15.6. The van der Waals surface area contributed by atoms with Gasteiger partial charge in [-0.15, -0.1) is 0 Å². The molecule has 378 valence electrons. The Morgan fingerprint density at radius 2 is 0.781 bits per heavy atom. The lowest BCUT2D eigenvalue weighted by atomic mass is 10.1. The minimum absolute atomic E-state index is 0.140. The number of halogens is 8. The fourth-order valence-electron chi connectivity index (χ4n) is 6.65. The summed E-state index contributed by atoms with van der Waals surface area (Å²) < 4.78 is 42.3. The maximum atomic E-state index is 13.5. The minimum atomic E-state index is -0.375. The van der Waals surface area contributed by atoms with Crippen molar-refractivity contribution >= 4 is 119 Å². The molecule has 73 heavy (non-hydrogen) atoms. The molecular formula is C50H42Cl5F3N10S5. The van der Waals surface area contributed by atoms with Gasteiger partial charge in [0.1, 0.15) is 17.5 Å². The van der Waals surface area contributed by atoms with Gasteiger partial charge in [-0.25, -0.2) is 13.2 Å². The van der Waals surface area contributed by atoms with Crippen molar-refractivity contribution in [1.29, 1.82) is 0 Å². The van der Waals surface area contributed by atoms with Gasteiger partial charge in [0.2, 0.25) is 0 Å². The van der Waals surface area contributed by atoms with E-state index in [9.17, 15) is 13.2 Å². The Morgan fingerprint density at radius 1 is 0.370 bits per heavy atom. The molecule has 0 unspecified atom stereocenters. The predicted molar refractivity (Wildman–Crippen MR) is 301 cm³/mol. The molecule has 0 saturated carbocycles. The van der Waals surface area contributed by atoms with Crippen LogP contribution in [0.3, 0.4) is 0 Å². The van der Waals surface area contributed by atoms with E-state index in [-0.39, 0.29) is 22.5 Å². The van der Waals surface area contributed by atoms with E-state index in [2.05, 4.69) is 49.8 Å². The normalized spacial score (nSPS) is 10.5. The van der Waals surface area contributed by atoms with Crippen LogP contribution in [-0.4, -0.2) is 49.8 Å². The first-order chi connectivity index (χ1) is 35.0. The number of hydrogen-bond donors (Lipinski definition) is 10. The topological polar surface area (TPSA) is 158 Å². The van der Waals surface area contributed by atoms with Gasteiger partial charge in [0.05, 0.1) is 5.02 Å². The highest BCUT2D eigenvalue weighted by atomic mass is 35.5. The van der Waals surface area contributed by atoms with Crippen molar-refractivity contribution in [2.24, 2.45) is 0 Å². The Bertz CT molecular complexity index is 3640. The average molecular weight is 1180 g/mol. The molecule has 0 amide bonds. The van der Waals surface area contributed by atoms with Crippen LogP contribution in [0.15, 0.2) is 134 Å². The summed E-state index contributed by atoms with van der Waals surface area (Å²) in [5.74, 6) is -0.775. The highest BCUT2D eigenvalue weighted by Crippen LogP contribution is 2.27. The van der Waals surface area contributed by atoms with Gasteiger partial charge >= 0.3 is 0 Å². The number of hydrogen-bond acceptors (Lipinski definition) is 5. The third-order valence-electron chi connectivity index (χ3n) is 10.1. The van der Waals surface area contributed by atoms with Gasteiger partial charge in [-0.2, -0.15) is 0 Å². The molecule has 0 fully saturated rings. The van der Waals surface area contributed by atoms with E-state index < -0.39 is 0 Å². The van der Waals surface area contributed by atoms with Gasteiger partial charge in [-0.3, -0.25) is 0 Å². The van der Waals surface area contributed by atoms with E-state index in [1.54, 1.807) is 54.9 Å². The van der Waals surface area contributed by atoms with E-state index >= 15 is 0 Å². The van der Waals surface area contributed by atoms with Crippen LogP contribution in [0.5, 0.6) is 0 Å². The fourth-order valence-corrected chi connectivity index (χ4v) is 8.80. The fraction of sp³-hybridized carbons (Fsp3) is 0.100. The Morgan fingerprint density at radius 3 is 1.25 bits per heavy atom. The summed E-state index contributed by atoms with van der Waals surface area (Å²) in [5, 5.41) is 2.79. The van der Waals surface area contributed by atoms with E-state index in [4.69, 9.17) is 119 Å². The second-order valence-corrected chi connectivity index (χ2v) is 19.7. The van der Waals surface area contributed by atoms with Gasteiger partial charge in [-0.1, -0.05) is 113 Å². The zero-order valence-electron chi connectivity index (χ0n) is 37.8. The standard InChI is InChI=1S/2C10H8Cl2N2S.C10H8ClFN2S.2C10H9FN2S/c11-7-2-1-6(9(12)4-7)3-8-5-13-10(15)14-8;11-8-2-1-3-9(12)7(8)4-6-5-13-10(15)14-6;11-8-3-1-2-6(9(8)12)4-7-5-13-10(15)14-7;11-8-3-1-7(2-4-8)5-9-6-12-10(14)13-9;11-9-4-2-1-3-7(9)5-8-6-12-10(14)13-8/h1-2,4-5H,3H2,(H2,13,14,15);2*1-3,5H,4H2,(H2,13,14,15);2*1-4,6H,5H2,(H2,12,13,14). The monoisotopic (exact) mass is 1170 g/mol. The molecule has 23 heteroatoms. The maximum absolute atomic E-state index is 13.5. The van der Waals surface area contributed by atoms with Gasteiger partial charge in [0, 0.05) is 112 Å². The van der Waals surface area contributed by atoms with Crippen molar-refractivity contribution < 1.29 is 13.2 Å². The third-order valence-corrected chi connectivity index (χ3v) is 12.8. The highest BCUT2D eigenvalue weighted by molar-refractivity contribution is 7.72. The summed E-state index contributed by atoms with van der Waals surface area (Å²) in [4.78, 5) is 29.3. The first-order valence-corrected chi connectivity index (χ1v) is 25.5. The third kappa shape index (κ3) is 18.7. The van der Waals surface area contributed by atoms with Crippen LogP contribution in [0.25, 0.3) is 0 Å². The lowest BCUT2D eigenvalue weighted by Crippen LogP contribution is -1.93. The molecule has 5 aromatic carbocycles. The molecule has 0 saturated heterocycles. The highest BCUT2D eigenvalue weighted by Gasteiger charge is 2.09. The van der Waals surface area contributed by atoms with Crippen molar-refractivity contribution in [1.82, 2.24) is 49.8 Å². The summed E-state index contributed by atoms with van der Waals surface area (Å²) in [5.41, 5.74) is 8.89. The van der Waals surface area contributed by atoms with Crippen molar-refractivity contribution in [3.63, 3.8) is 0 Å². The summed E-state index contributed by atoms with van der Waals surface area (Å²) in [6.45, 7) is 0. The minimum Gasteiger partial charge on any atom is -0.337 e. The molecule has 0 aliphatic carbocycles. The second kappa shape index (κ2) is 28.2. The molecule has 5 aromatic heterocycles. The molecule has 0 atom stereocenters. The Hall–Kier alpha value is -5.51. The number of imidazole rings is 5. The lowest BCUT2D eigenvalue weighted by molar-refractivity contribution is 0.613. The Balaban J connectivity index is 0.000000149. The van der Waals surface area contributed by atoms with E-state index in [1.165, 1.54) is 24.3 Å². The van der Waals surface area contributed by atoms with E-state index in [0.717, 1.165) is 51.6 Å². The van der Waals surface area contributed by atoms with Crippen molar-refractivity contribution in [3.8, 4) is 0 Å². The average Bonchev–Trinajstić information content (AvgIpc) is 4.23. The lowest BCUT2D eigenvalue weighted by Gasteiger charge is -2.04. The van der Waals surface area contributed by atoms with Gasteiger partial charge in [-0.05, 0) is 137 Å². The number of aromatic amines is 10. The molecule has 0 aliphatic rings. The number of benzene rings is 5. The molecule has 10 N–H and O–H groups in total. The zero-order valence-corrected chi connectivity index (χ0v) is 45.7. The predicted octanol–water partition coefficient (Wildman–Crippen LogP) is 17.0. The first kappa shape index (κ1) is 56.8. The van der Waals surface area contributed by atoms with Crippen LogP contribution >= 0.6 is 119 Å². The molecule has 5 heterocycles. The molecule has 0 radical (unpaired) electrons. The smallest absolute Gasteiger partial charge is 0.174 e. The molecule has 10 nitrogen and oxygen atoms in total. The van der Waals surface area contributed by atoms with E-state index in [0.29, 0.717) is 80.8 Å². The van der Waals surface area contributed by atoms with Gasteiger partial charge in [0.15, 0.2) is 23.9 Å². The molecular weight excluding hydrogens is 1140 g/mol. The molecule has 10 aromatic rings. The van der Waals surface area contributed by atoms with Crippen LogP contribution in [0.1, 0.15) is 56.3 Å². The number of nitrogens with one attached hydrogen (secondary N) is 10. The molecule has 0 aliphatic heterocycles. The molecule has 0 spiro atoms. The summed E-state index contributed by atoms with van der Waals surface area (Å²) >= 11 is 54.2. The van der Waals surface area contributed by atoms with Gasteiger partial charge in [0.25, 0.3) is 0 Å². The number of rotatable bonds is 10. The first-order valence-electron chi connectivity index (χ1n) is 21.6. The van der Waals surface area contributed by atoms with Crippen molar-refractivity contribution in [2.45, 2.75) is 32.1 Å². The van der Waals surface area contributed by atoms with Crippen LogP contribution < -0.4 is 0 Å². The Labute approximate surface area is 467 Å². The largest absolute Gasteiger partial charge is 0.337 e. The van der Waals surface area contributed by atoms with Crippen molar-refractivity contribution in [3.05, 3.63) is 257 Å². The van der Waals surface area contributed by atoms with Crippen LogP contribution in [0, 0.1) is 41.3 Å². The number of aromatic nitrogens is 10. The molecule has 10 rings (SSSR count). The summed E-state index contributed by atoms with van der Waals surface area (Å²) in [7, 11) is 0. The van der Waals surface area contributed by atoms with Crippen LogP contribution in [0.4, 0.5) is 13.2 Å². The molecule has 0 bridgehead atoms. The summed E-state index contributed by atoms with van der Waals surface area (Å²) in [6, 6.07) is 29.0. The Kier molecular flexibility index (Phi) is 22.0. The number of H-pyrrole nitrogens is 10. The van der Waals surface area contributed by atoms with Crippen molar-refractivity contribution in [2.75, 3.05) is 0 Å². The zero-order chi connectivity index (χ0) is 52.4. The van der Waals surface area contributed by atoms with Gasteiger partial charge < -0.3 is 49.8 Å². The maximum Gasteiger partial charge on any atom is 0.174 e. The van der Waals surface area contributed by atoms with Crippen LogP contribution in [-0.2, 0) is 32.1 Å². The summed E-state index contributed by atoms with van der Waals surface area (Å²) in [6.07, 6.45) is 12.0. The SMILES string of the molecule is Fc1c(Cl)cccc1Cc1c[nH]c(=S)[nH]1.Fc1ccc(Cc2c[nH]c(=S)[nH]2)cc1.Fc1ccccc1Cc1c[nH]c(=S)[nH]1.S=c1[nH]cc(Cc2c(Cl)cccc2Cl)[nH]1.S=c1[nH]cc(Cc2ccc(Cl)cc2Cl)[nH]1.